The molecule has 7 nitrogen and oxygen atoms in total. The van der Waals surface area contributed by atoms with Gasteiger partial charge in [0.25, 0.3) is 11.8 Å². The van der Waals surface area contributed by atoms with Crippen LogP contribution < -0.4 is 15.5 Å². The molecule has 0 aromatic heterocycles. The van der Waals surface area contributed by atoms with Gasteiger partial charge in [-0.1, -0.05) is 18.2 Å². The highest BCUT2D eigenvalue weighted by atomic mass is 19.4. The van der Waals surface area contributed by atoms with Gasteiger partial charge in [0.1, 0.15) is 11.3 Å². The Kier molecular flexibility index (Phi) is 4.95. The van der Waals surface area contributed by atoms with E-state index in [0.29, 0.717) is 22.4 Å². The smallest absolute Gasteiger partial charge is 0.416 e. The number of hydrogen-bond acceptors (Lipinski definition) is 4. The molecule has 4 amide bonds. The lowest BCUT2D eigenvalue weighted by Gasteiger charge is -2.22. The van der Waals surface area contributed by atoms with Crippen molar-refractivity contribution in [3.8, 4) is 5.75 Å². The third-order valence-corrected chi connectivity index (χ3v) is 4.50. The molecule has 3 rings (SSSR count). The van der Waals surface area contributed by atoms with Crippen molar-refractivity contribution in [1.82, 2.24) is 15.8 Å². The van der Waals surface area contributed by atoms with E-state index in [9.17, 15) is 27.6 Å². The SMILES string of the molecule is COc1cccc([C@@]2(C)NC(=O)N(NC(=O)c3cccc(C(F)(F)F)c3)C2=O)c1. The highest BCUT2D eigenvalue weighted by Gasteiger charge is 2.50. The van der Waals surface area contributed by atoms with Gasteiger partial charge >= 0.3 is 12.2 Å². The molecule has 0 aliphatic carbocycles. The number of ether oxygens (including phenoxy) is 1. The predicted octanol–water partition coefficient (Wildman–Crippen LogP) is 2.83. The summed E-state index contributed by atoms with van der Waals surface area (Å²) in [5.74, 6) is -1.37. The molecule has 1 heterocycles. The molecular formula is C19H16F3N3O4. The number of halogens is 3. The Morgan fingerprint density at radius 1 is 1.14 bits per heavy atom. The first-order valence-corrected chi connectivity index (χ1v) is 8.36. The molecular weight excluding hydrogens is 391 g/mol. The van der Waals surface area contributed by atoms with Crippen LogP contribution in [0.5, 0.6) is 5.75 Å². The Morgan fingerprint density at radius 2 is 1.83 bits per heavy atom. The fraction of sp³-hybridized carbons (Fsp3) is 0.211. The van der Waals surface area contributed by atoms with Gasteiger partial charge in [0.15, 0.2) is 0 Å². The summed E-state index contributed by atoms with van der Waals surface area (Å²) in [5, 5.41) is 2.92. The Bertz CT molecular complexity index is 993. The number of nitrogens with zero attached hydrogens (tertiary/aromatic N) is 1. The molecule has 152 valence electrons. The largest absolute Gasteiger partial charge is 0.497 e. The second-order valence-electron chi connectivity index (χ2n) is 6.45. The fourth-order valence-electron chi connectivity index (χ4n) is 2.87. The van der Waals surface area contributed by atoms with Crippen molar-refractivity contribution < 1.29 is 32.3 Å². The molecule has 2 N–H and O–H groups in total. The topological polar surface area (TPSA) is 87.7 Å². The van der Waals surface area contributed by atoms with Crippen molar-refractivity contribution in [3.05, 3.63) is 65.2 Å². The normalized spacial score (nSPS) is 19.1. The van der Waals surface area contributed by atoms with Crippen LogP contribution >= 0.6 is 0 Å². The minimum absolute atomic E-state index is 0.351. The van der Waals surface area contributed by atoms with E-state index in [0.717, 1.165) is 18.2 Å². The minimum atomic E-state index is -4.64. The molecule has 2 aromatic rings. The highest BCUT2D eigenvalue weighted by molar-refractivity contribution is 6.09. The van der Waals surface area contributed by atoms with E-state index in [2.05, 4.69) is 10.7 Å². The third-order valence-electron chi connectivity index (χ3n) is 4.50. The van der Waals surface area contributed by atoms with Crippen LogP contribution in [-0.4, -0.2) is 30.0 Å². The average Bonchev–Trinajstić information content (AvgIpc) is 2.91. The Hall–Kier alpha value is -3.56. The first kappa shape index (κ1) is 20.2. The summed E-state index contributed by atoms with van der Waals surface area (Å²) in [4.78, 5) is 37.5. The number of hydrazine groups is 1. The van der Waals surface area contributed by atoms with Crippen LogP contribution in [0.1, 0.15) is 28.4 Å². The summed E-state index contributed by atoms with van der Waals surface area (Å²) >= 11 is 0. The minimum Gasteiger partial charge on any atom is -0.497 e. The number of carbonyl (C=O) groups excluding carboxylic acids is 3. The zero-order valence-electron chi connectivity index (χ0n) is 15.3. The van der Waals surface area contributed by atoms with Crippen LogP contribution in [0.2, 0.25) is 0 Å². The molecule has 1 atom stereocenters. The zero-order valence-corrected chi connectivity index (χ0v) is 15.3. The first-order valence-electron chi connectivity index (χ1n) is 8.36. The van der Waals surface area contributed by atoms with Crippen LogP contribution in [-0.2, 0) is 16.5 Å². The molecule has 0 radical (unpaired) electrons. The number of alkyl halides is 3. The molecule has 1 fully saturated rings. The molecule has 0 saturated carbocycles. The van der Waals surface area contributed by atoms with Gasteiger partial charge < -0.3 is 10.1 Å². The van der Waals surface area contributed by atoms with Crippen molar-refractivity contribution >= 4 is 17.8 Å². The summed E-state index contributed by atoms with van der Waals surface area (Å²) in [6, 6.07) is 9.16. The predicted molar refractivity (Wildman–Crippen MR) is 94.6 cm³/mol. The van der Waals surface area contributed by atoms with Gasteiger partial charge in [-0.15, -0.1) is 0 Å². The molecule has 1 aliphatic heterocycles. The molecule has 0 bridgehead atoms. The van der Waals surface area contributed by atoms with Gasteiger partial charge in [-0.3, -0.25) is 15.0 Å². The van der Waals surface area contributed by atoms with E-state index in [1.165, 1.54) is 14.0 Å². The third kappa shape index (κ3) is 3.73. The van der Waals surface area contributed by atoms with Gasteiger partial charge in [-0.2, -0.15) is 18.2 Å². The number of methoxy groups -OCH3 is 1. The standard InChI is InChI=1S/C19H16F3N3O4/c1-18(12-6-4-8-14(10-12)29-2)16(27)25(17(28)23-18)24-15(26)11-5-3-7-13(9-11)19(20,21)22/h3-10H,1-2H3,(H,23,28)(H,24,26)/t18-/m1/s1. The van der Waals surface area contributed by atoms with Gasteiger partial charge in [0.2, 0.25) is 0 Å². The van der Waals surface area contributed by atoms with E-state index in [1.807, 2.05) is 0 Å². The molecule has 1 saturated heterocycles. The van der Waals surface area contributed by atoms with Crippen molar-refractivity contribution in [3.63, 3.8) is 0 Å². The molecule has 0 spiro atoms. The van der Waals surface area contributed by atoms with Crippen LogP contribution in [0.25, 0.3) is 0 Å². The van der Waals surface area contributed by atoms with Gasteiger partial charge in [0.05, 0.1) is 12.7 Å². The molecule has 1 aliphatic rings. The van der Waals surface area contributed by atoms with E-state index in [-0.39, 0.29) is 5.56 Å². The number of amides is 4. The molecule has 10 heteroatoms. The lowest BCUT2D eigenvalue weighted by atomic mass is 9.92. The Balaban J connectivity index is 1.84. The van der Waals surface area contributed by atoms with E-state index >= 15 is 0 Å². The number of carbonyl (C=O) groups is 3. The van der Waals surface area contributed by atoms with E-state index in [1.54, 1.807) is 24.3 Å². The number of rotatable bonds is 4. The molecule has 0 unspecified atom stereocenters. The molecule has 29 heavy (non-hydrogen) atoms. The number of hydrogen-bond donors (Lipinski definition) is 2. The summed E-state index contributed by atoms with van der Waals surface area (Å²) in [6.45, 7) is 1.44. The van der Waals surface area contributed by atoms with E-state index in [4.69, 9.17) is 4.74 Å². The number of benzene rings is 2. The lowest BCUT2D eigenvalue weighted by Crippen LogP contribution is -2.47. The Morgan fingerprint density at radius 3 is 2.48 bits per heavy atom. The Labute approximate surface area is 163 Å². The van der Waals surface area contributed by atoms with Crippen LogP contribution in [0, 0.1) is 0 Å². The summed E-state index contributed by atoms with van der Waals surface area (Å²) < 4.78 is 43.6. The quantitative estimate of drug-likeness (QED) is 0.763. The second kappa shape index (κ2) is 7.12. The monoisotopic (exact) mass is 407 g/mol. The van der Waals surface area contributed by atoms with Gasteiger partial charge in [-0.05, 0) is 42.8 Å². The lowest BCUT2D eigenvalue weighted by molar-refractivity contribution is -0.137. The van der Waals surface area contributed by atoms with Gasteiger partial charge in [-0.25, -0.2) is 4.79 Å². The number of imide groups is 1. The maximum Gasteiger partial charge on any atom is 0.416 e. The van der Waals surface area contributed by atoms with Crippen molar-refractivity contribution in [2.45, 2.75) is 18.6 Å². The maximum atomic E-state index is 12.8. The molecule has 2 aromatic carbocycles. The average molecular weight is 407 g/mol. The maximum absolute atomic E-state index is 12.8. The summed E-state index contributed by atoms with van der Waals surface area (Å²) in [6.07, 6.45) is -4.64. The summed E-state index contributed by atoms with van der Waals surface area (Å²) in [5.41, 5.74) is -0.400. The van der Waals surface area contributed by atoms with Crippen LogP contribution in [0.3, 0.4) is 0 Å². The number of nitrogens with one attached hydrogen (secondary N) is 2. The van der Waals surface area contributed by atoms with Crippen molar-refractivity contribution in [2.75, 3.05) is 7.11 Å². The van der Waals surface area contributed by atoms with E-state index < -0.39 is 35.1 Å². The van der Waals surface area contributed by atoms with Gasteiger partial charge in [0, 0.05) is 5.56 Å². The van der Waals surface area contributed by atoms with Crippen LogP contribution in [0.15, 0.2) is 48.5 Å². The first-order chi connectivity index (χ1) is 13.6. The van der Waals surface area contributed by atoms with Crippen molar-refractivity contribution in [1.29, 1.82) is 0 Å². The van der Waals surface area contributed by atoms with Crippen LogP contribution in [0.4, 0.5) is 18.0 Å². The highest BCUT2D eigenvalue weighted by Crippen LogP contribution is 2.31. The summed E-state index contributed by atoms with van der Waals surface area (Å²) in [7, 11) is 1.44. The number of urea groups is 1. The van der Waals surface area contributed by atoms with Crippen molar-refractivity contribution in [2.24, 2.45) is 0 Å². The zero-order chi connectivity index (χ0) is 21.4. The fourth-order valence-corrected chi connectivity index (χ4v) is 2.87. The second-order valence-corrected chi connectivity index (χ2v) is 6.45.